The van der Waals surface area contributed by atoms with Crippen LogP contribution in [-0.2, 0) is 16.0 Å². The number of ether oxygens (including phenoxy) is 1. The molecule has 0 saturated carbocycles. The lowest BCUT2D eigenvalue weighted by molar-refractivity contribution is -0.140. The van der Waals surface area contributed by atoms with Gasteiger partial charge < -0.3 is 9.72 Å². The summed E-state index contributed by atoms with van der Waals surface area (Å²) in [4.78, 5) is 17.7. The standard InChI is InChI=1S/C22H26N2O2/c1-14(25)26-13-16-6-4-5-15-12-24-10-9-18-17-7-2-3-8-20(17)23-22(18)21(24)11-19(15)16/h2-3,6-8,15,19,21,23H,4-5,9-13H2,1H3. The Hall–Kier alpha value is -2.07. The topological polar surface area (TPSA) is 45.3 Å². The highest BCUT2D eigenvalue weighted by Gasteiger charge is 2.42. The van der Waals surface area contributed by atoms with Crippen LogP contribution in [0.1, 0.15) is 43.5 Å². The monoisotopic (exact) mass is 350 g/mol. The molecule has 1 aromatic carbocycles. The molecule has 4 heteroatoms. The van der Waals surface area contributed by atoms with Gasteiger partial charge >= 0.3 is 5.97 Å². The molecule has 4 nitrogen and oxygen atoms in total. The van der Waals surface area contributed by atoms with Gasteiger partial charge in [0.15, 0.2) is 0 Å². The van der Waals surface area contributed by atoms with Crippen molar-refractivity contribution >= 4 is 16.9 Å². The molecule has 0 radical (unpaired) electrons. The fourth-order valence-corrected chi connectivity index (χ4v) is 5.45. The number of nitrogens with zero attached hydrogens (tertiary/aromatic N) is 1. The SMILES string of the molecule is CC(=O)OCC1=CCCC2CN3CCc4c([nH]c5ccccc45)C3CC12. The van der Waals surface area contributed by atoms with Gasteiger partial charge in [0.1, 0.15) is 6.61 Å². The Morgan fingerprint density at radius 3 is 3.12 bits per heavy atom. The largest absolute Gasteiger partial charge is 0.461 e. The number of aromatic nitrogens is 1. The molecule has 1 fully saturated rings. The fraction of sp³-hybridized carbons (Fsp3) is 0.500. The second kappa shape index (κ2) is 6.27. The van der Waals surface area contributed by atoms with E-state index < -0.39 is 0 Å². The molecule has 3 heterocycles. The summed E-state index contributed by atoms with van der Waals surface area (Å²) in [6.07, 6.45) is 6.99. The highest BCUT2D eigenvalue weighted by Crippen LogP contribution is 2.47. The molecular weight excluding hydrogens is 324 g/mol. The molecule has 3 atom stereocenters. The number of H-pyrrole nitrogens is 1. The number of fused-ring (bicyclic) bond motifs is 6. The van der Waals surface area contributed by atoms with Crippen molar-refractivity contribution in [3.8, 4) is 0 Å². The minimum atomic E-state index is -0.180. The first kappa shape index (κ1) is 16.1. The number of aromatic amines is 1. The second-order valence-electron chi connectivity index (χ2n) is 8.06. The summed E-state index contributed by atoms with van der Waals surface area (Å²) in [5.74, 6) is 1.07. The van der Waals surface area contributed by atoms with Gasteiger partial charge in [-0.3, -0.25) is 9.69 Å². The van der Waals surface area contributed by atoms with Crippen LogP contribution >= 0.6 is 0 Å². The Morgan fingerprint density at radius 1 is 1.35 bits per heavy atom. The molecule has 3 unspecified atom stereocenters. The molecular formula is C22H26N2O2. The highest BCUT2D eigenvalue weighted by molar-refractivity contribution is 5.85. The predicted octanol–water partition coefficient (Wildman–Crippen LogP) is 3.99. The molecule has 2 aromatic rings. The van der Waals surface area contributed by atoms with Gasteiger partial charge in [-0.15, -0.1) is 0 Å². The first-order valence-electron chi connectivity index (χ1n) is 9.86. The van der Waals surface area contributed by atoms with Crippen molar-refractivity contribution in [3.63, 3.8) is 0 Å². The van der Waals surface area contributed by atoms with Crippen LogP contribution < -0.4 is 0 Å². The molecule has 136 valence electrons. The van der Waals surface area contributed by atoms with E-state index in [1.165, 1.54) is 47.6 Å². The van der Waals surface area contributed by atoms with E-state index in [1.54, 1.807) is 0 Å². The van der Waals surface area contributed by atoms with Crippen LogP contribution in [0.25, 0.3) is 10.9 Å². The van der Waals surface area contributed by atoms with E-state index in [-0.39, 0.29) is 5.97 Å². The number of para-hydroxylation sites is 1. The zero-order valence-electron chi connectivity index (χ0n) is 15.3. The lowest BCUT2D eigenvalue weighted by Gasteiger charge is -2.48. The van der Waals surface area contributed by atoms with Gasteiger partial charge in [0, 0.05) is 36.6 Å². The molecule has 1 N–H and O–H groups in total. The van der Waals surface area contributed by atoms with Crippen LogP contribution in [0.15, 0.2) is 35.9 Å². The molecule has 2 aliphatic heterocycles. The van der Waals surface area contributed by atoms with Gasteiger partial charge in [0.2, 0.25) is 0 Å². The quantitative estimate of drug-likeness (QED) is 0.658. The number of carbonyl (C=O) groups excluding carboxylic acids is 1. The number of hydrogen-bond acceptors (Lipinski definition) is 3. The number of allylic oxidation sites excluding steroid dienone is 1. The molecule has 1 saturated heterocycles. The third-order valence-corrected chi connectivity index (χ3v) is 6.65. The number of nitrogens with one attached hydrogen (secondary N) is 1. The van der Waals surface area contributed by atoms with Crippen LogP contribution in [-0.4, -0.2) is 35.5 Å². The number of benzene rings is 1. The van der Waals surface area contributed by atoms with E-state index in [1.807, 2.05) is 0 Å². The second-order valence-corrected chi connectivity index (χ2v) is 8.06. The summed E-state index contributed by atoms with van der Waals surface area (Å²) in [6, 6.07) is 9.15. The van der Waals surface area contributed by atoms with Gasteiger partial charge in [-0.1, -0.05) is 24.3 Å². The number of rotatable bonds is 2. The molecule has 3 aliphatic rings. The normalized spacial score (nSPS) is 28.0. The highest BCUT2D eigenvalue weighted by atomic mass is 16.5. The number of piperidine rings is 1. The molecule has 1 aromatic heterocycles. The predicted molar refractivity (Wildman–Crippen MR) is 102 cm³/mol. The van der Waals surface area contributed by atoms with Gasteiger partial charge in [0.25, 0.3) is 0 Å². The van der Waals surface area contributed by atoms with E-state index in [2.05, 4.69) is 40.2 Å². The maximum absolute atomic E-state index is 11.3. The van der Waals surface area contributed by atoms with Crippen molar-refractivity contribution in [2.45, 2.75) is 38.6 Å². The summed E-state index contributed by atoms with van der Waals surface area (Å²) in [7, 11) is 0. The van der Waals surface area contributed by atoms with Crippen molar-refractivity contribution in [2.75, 3.05) is 19.7 Å². The van der Waals surface area contributed by atoms with Gasteiger partial charge in [-0.25, -0.2) is 0 Å². The zero-order chi connectivity index (χ0) is 17.7. The Labute approximate surface area is 154 Å². The number of hydrogen-bond donors (Lipinski definition) is 1. The minimum Gasteiger partial charge on any atom is -0.461 e. The van der Waals surface area contributed by atoms with Gasteiger partial charge in [-0.05, 0) is 54.7 Å². The number of carbonyl (C=O) groups is 1. The Morgan fingerprint density at radius 2 is 2.23 bits per heavy atom. The Balaban J connectivity index is 1.47. The van der Waals surface area contributed by atoms with Crippen LogP contribution in [0.2, 0.25) is 0 Å². The number of esters is 1. The average Bonchev–Trinajstić information content (AvgIpc) is 3.04. The van der Waals surface area contributed by atoms with E-state index in [9.17, 15) is 4.79 Å². The summed E-state index contributed by atoms with van der Waals surface area (Å²) in [5, 5.41) is 1.39. The summed E-state index contributed by atoms with van der Waals surface area (Å²) < 4.78 is 5.36. The van der Waals surface area contributed by atoms with Gasteiger partial charge in [0.05, 0.1) is 6.04 Å². The maximum atomic E-state index is 11.3. The maximum Gasteiger partial charge on any atom is 0.302 e. The lowest BCUT2D eigenvalue weighted by atomic mass is 9.70. The Bertz CT molecular complexity index is 881. The van der Waals surface area contributed by atoms with Crippen LogP contribution in [0.3, 0.4) is 0 Å². The zero-order valence-corrected chi connectivity index (χ0v) is 15.3. The van der Waals surface area contributed by atoms with E-state index >= 15 is 0 Å². The lowest BCUT2D eigenvalue weighted by Crippen LogP contribution is -2.47. The molecule has 0 amide bonds. The van der Waals surface area contributed by atoms with E-state index in [4.69, 9.17) is 4.74 Å². The van der Waals surface area contributed by atoms with Crippen molar-refractivity contribution in [1.82, 2.24) is 9.88 Å². The van der Waals surface area contributed by atoms with Crippen molar-refractivity contribution in [3.05, 3.63) is 47.2 Å². The third-order valence-electron chi connectivity index (χ3n) is 6.65. The van der Waals surface area contributed by atoms with Crippen molar-refractivity contribution in [2.24, 2.45) is 11.8 Å². The summed E-state index contributed by atoms with van der Waals surface area (Å²) >= 11 is 0. The van der Waals surface area contributed by atoms with Crippen LogP contribution in [0, 0.1) is 11.8 Å². The van der Waals surface area contributed by atoms with E-state index in [0.29, 0.717) is 24.5 Å². The molecule has 1 aliphatic carbocycles. The third kappa shape index (κ3) is 2.59. The van der Waals surface area contributed by atoms with Gasteiger partial charge in [-0.2, -0.15) is 0 Å². The smallest absolute Gasteiger partial charge is 0.302 e. The summed E-state index contributed by atoms with van der Waals surface area (Å²) in [5.41, 5.74) is 5.55. The van der Waals surface area contributed by atoms with Crippen LogP contribution in [0.4, 0.5) is 0 Å². The fourth-order valence-electron chi connectivity index (χ4n) is 5.45. The minimum absolute atomic E-state index is 0.180. The average molecular weight is 350 g/mol. The Kier molecular flexibility index (Phi) is 3.89. The molecule has 26 heavy (non-hydrogen) atoms. The molecule has 5 rings (SSSR count). The molecule has 0 spiro atoms. The van der Waals surface area contributed by atoms with E-state index in [0.717, 1.165) is 25.8 Å². The van der Waals surface area contributed by atoms with Crippen LogP contribution in [0.5, 0.6) is 0 Å². The first-order chi connectivity index (χ1) is 12.7. The summed E-state index contributed by atoms with van der Waals surface area (Å²) in [6.45, 7) is 4.30. The first-order valence-corrected chi connectivity index (χ1v) is 9.86. The molecule has 0 bridgehead atoms. The van der Waals surface area contributed by atoms with Crippen molar-refractivity contribution < 1.29 is 9.53 Å². The van der Waals surface area contributed by atoms with Crippen molar-refractivity contribution in [1.29, 1.82) is 0 Å².